The second kappa shape index (κ2) is 5.48. The Labute approximate surface area is 96.1 Å². The van der Waals surface area contributed by atoms with Crippen molar-refractivity contribution in [3.63, 3.8) is 0 Å². The van der Waals surface area contributed by atoms with E-state index in [1.165, 1.54) is 6.33 Å². The maximum atomic E-state index is 8.86. The zero-order chi connectivity index (χ0) is 10.6. The predicted molar refractivity (Wildman–Crippen MR) is 59.7 cm³/mol. The highest BCUT2D eigenvalue weighted by Crippen LogP contribution is 2.28. The first-order valence-electron chi connectivity index (χ1n) is 4.22. The highest BCUT2D eigenvalue weighted by molar-refractivity contribution is 9.10. The molecule has 1 N–H and O–H groups in total. The van der Waals surface area contributed by atoms with Crippen molar-refractivity contribution in [3.05, 3.63) is 16.0 Å². The van der Waals surface area contributed by atoms with Gasteiger partial charge in [0.1, 0.15) is 17.3 Å². The Kier molecular flexibility index (Phi) is 4.57. The first kappa shape index (κ1) is 11.7. The molecule has 78 valence electrons. The van der Waals surface area contributed by atoms with E-state index >= 15 is 0 Å². The lowest BCUT2D eigenvalue weighted by Gasteiger charge is -2.21. The summed E-state index contributed by atoms with van der Waals surface area (Å²) in [5.41, 5.74) is 0. The Balaban J connectivity index is 2.97. The van der Waals surface area contributed by atoms with E-state index in [1.807, 2.05) is 11.8 Å². The first-order chi connectivity index (χ1) is 6.70. The third kappa shape index (κ3) is 2.56. The molecule has 0 radical (unpaired) electrons. The molecule has 0 aliphatic rings. The zero-order valence-corrected chi connectivity index (χ0v) is 10.1. The second-order valence-corrected chi connectivity index (χ2v) is 3.76. The van der Waals surface area contributed by atoms with Crippen molar-refractivity contribution in [2.45, 2.75) is 6.92 Å². The molecular formula is C8H11BrClN3O. The van der Waals surface area contributed by atoms with Crippen molar-refractivity contribution in [2.24, 2.45) is 0 Å². The normalized spacial score (nSPS) is 10.3. The molecule has 0 atom stereocenters. The molecule has 0 saturated carbocycles. The number of rotatable bonds is 4. The Hall–Kier alpha value is -0.390. The van der Waals surface area contributed by atoms with E-state index < -0.39 is 0 Å². The number of hydrogen-bond acceptors (Lipinski definition) is 4. The second-order valence-electron chi connectivity index (χ2n) is 2.61. The fraction of sp³-hybridized carbons (Fsp3) is 0.500. The average molecular weight is 281 g/mol. The topological polar surface area (TPSA) is 49.2 Å². The molecular weight excluding hydrogens is 269 g/mol. The molecule has 14 heavy (non-hydrogen) atoms. The highest BCUT2D eigenvalue weighted by atomic mass is 79.9. The van der Waals surface area contributed by atoms with Gasteiger partial charge < -0.3 is 10.0 Å². The number of aliphatic hydroxyl groups is 1. The summed E-state index contributed by atoms with van der Waals surface area (Å²) >= 11 is 9.14. The largest absolute Gasteiger partial charge is 0.395 e. The van der Waals surface area contributed by atoms with Gasteiger partial charge in [-0.2, -0.15) is 0 Å². The van der Waals surface area contributed by atoms with Crippen LogP contribution >= 0.6 is 27.5 Å². The molecule has 6 heteroatoms. The van der Waals surface area contributed by atoms with Crippen LogP contribution in [0.1, 0.15) is 6.92 Å². The SMILES string of the molecule is CCN(CCO)c1ncnc(Cl)c1Br. The molecule has 1 aromatic heterocycles. The van der Waals surface area contributed by atoms with Gasteiger partial charge in [0.25, 0.3) is 0 Å². The Morgan fingerprint density at radius 2 is 2.29 bits per heavy atom. The van der Waals surface area contributed by atoms with Crippen LogP contribution < -0.4 is 4.90 Å². The molecule has 0 aliphatic carbocycles. The van der Waals surface area contributed by atoms with E-state index in [9.17, 15) is 0 Å². The van der Waals surface area contributed by atoms with Crippen molar-refractivity contribution in [3.8, 4) is 0 Å². The van der Waals surface area contributed by atoms with Crippen molar-refractivity contribution in [1.82, 2.24) is 9.97 Å². The molecule has 0 amide bonds. The van der Waals surface area contributed by atoms with Crippen molar-refractivity contribution in [1.29, 1.82) is 0 Å². The fourth-order valence-corrected chi connectivity index (χ4v) is 1.68. The van der Waals surface area contributed by atoms with Crippen LogP contribution in [-0.4, -0.2) is 34.8 Å². The molecule has 1 heterocycles. The van der Waals surface area contributed by atoms with Crippen LogP contribution in [0, 0.1) is 0 Å². The Bertz CT molecular complexity index is 311. The number of aromatic nitrogens is 2. The summed E-state index contributed by atoms with van der Waals surface area (Å²) in [5, 5.41) is 9.24. The van der Waals surface area contributed by atoms with Gasteiger partial charge in [-0.1, -0.05) is 11.6 Å². The molecule has 1 rings (SSSR count). The zero-order valence-electron chi connectivity index (χ0n) is 7.74. The minimum atomic E-state index is 0.0852. The number of likely N-dealkylation sites (N-methyl/N-ethyl adjacent to an activating group) is 1. The minimum Gasteiger partial charge on any atom is -0.395 e. The third-order valence-electron chi connectivity index (χ3n) is 1.78. The lowest BCUT2D eigenvalue weighted by atomic mass is 10.4. The smallest absolute Gasteiger partial charge is 0.148 e. The fourth-order valence-electron chi connectivity index (χ4n) is 1.09. The van der Waals surface area contributed by atoms with Gasteiger partial charge in [0.15, 0.2) is 0 Å². The van der Waals surface area contributed by atoms with Crippen LogP contribution in [0.4, 0.5) is 5.82 Å². The Morgan fingerprint density at radius 3 is 2.86 bits per heavy atom. The van der Waals surface area contributed by atoms with E-state index in [0.29, 0.717) is 22.0 Å². The quantitative estimate of drug-likeness (QED) is 0.853. The molecule has 0 unspecified atom stereocenters. The van der Waals surface area contributed by atoms with Crippen LogP contribution in [0.3, 0.4) is 0 Å². The van der Waals surface area contributed by atoms with E-state index in [0.717, 1.165) is 6.54 Å². The summed E-state index contributed by atoms with van der Waals surface area (Å²) in [7, 11) is 0. The van der Waals surface area contributed by atoms with Gasteiger partial charge in [-0.05, 0) is 22.9 Å². The van der Waals surface area contributed by atoms with Gasteiger partial charge >= 0.3 is 0 Å². The molecule has 0 fully saturated rings. The van der Waals surface area contributed by atoms with Crippen LogP contribution in [0.25, 0.3) is 0 Å². The van der Waals surface area contributed by atoms with Crippen LogP contribution in [-0.2, 0) is 0 Å². The van der Waals surface area contributed by atoms with E-state index in [2.05, 4.69) is 25.9 Å². The number of anilines is 1. The summed E-state index contributed by atoms with van der Waals surface area (Å²) in [4.78, 5) is 9.85. The lowest BCUT2D eigenvalue weighted by Crippen LogP contribution is -2.27. The lowest BCUT2D eigenvalue weighted by molar-refractivity contribution is 0.302. The van der Waals surface area contributed by atoms with Gasteiger partial charge in [-0.15, -0.1) is 0 Å². The molecule has 0 aliphatic heterocycles. The summed E-state index contributed by atoms with van der Waals surface area (Å²) in [6.07, 6.45) is 1.41. The van der Waals surface area contributed by atoms with E-state index in [1.54, 1.807) is 0 Å². The molecule has 0 aromatic carbocycles. The monoisotopic (exact) mass is 279 g/mol. The molecule has 0 bridgehead atoms. The van der Waals surface area contributed by atoms with Crippen LogP contribution in [0.2, 0.25) is 5.15 Å². The summed E-state index contributed by atoms with van der Waals surface area (Å²) < 4.78 is 0.664. The van der Waals surface area contributed by atoms with Crippen molar-refractivity contribution in [2.75, 3.05) is 24.6 Å². The van der Waals surface area contributed by atoms with Crippen molar-refractivity contribution >= 4 is 33.3 Å². The van der Waals surface area contributed by atoms with Crippen molar-refractivity contribution < 1.29 is 5.11 Å². The molecule has 4 nitrogen and oxygen atoms in total. The maximum absolute atomic E-state index is 8.86. The van der Waals surface area contributed by atoms with Crippen LogP contribution in [0.15, 0.2) is 10.8 Å². The van der Waals surface area contributed by atoms with Crippen LogP contribution in [0.5, 0.6) is 0 Å². The van der Waals surface area contributed by atoms with Gasteiger partial charge in [-0.3, -0.25) is 0 Å². The van der Waals surface area contributed by atoms with E-state index in [4.69, 9.17) is 16.7 Å². The minimum absolute atomic E-state index is 0.0852. The summed E-state index contributed by atoms with van der Waals surface area (Å²) in [6.45, 7) is 3.36. The highest BCUT2D eigenvalue weighted by Gasteiger charge is 2.12. The van der Waals surface area contributed by atoms with Gasteiger partial charge in [0, 0.05) is 13.1 Å². The predicted octanol–water partition coefficient (Wildman–Crippen LogP) is 1.71. The average Bonchev–Trinajstić information content (AvgIpc) is 2.19. The maximum Gasteiger partial charge on any atom is 0.148 e. The summed E-state index contributed by atoms with van der Waals surface area (Å²) in [5.74, 6) is 0.710. The number of nitrogens with zero attached hydrogens (tertiary/aromatic N) is 3. The Morgan fingerprint density at radius 1 is 1.57 bits per heavy atom. The number of hydrogen-bond donors (Lipinski definition) is 1. The first-order valence-corrected chi connectivity index (χ1v) is 5.39. The van der Waals surface area contributed by atoms with Gasteiger partial charge in [0.2, 0.25) is 0 Å². The van der Waals surface area contributed by atoms with E-state index in [-0.39, 0.29) is 6.61 Å². The number of aliphatic hydroxyl groups excluding tert-OH is 1. The molecule has 1 aromatic rings. The molecule has 0 saturated heterocycles. The third-order valence-corrected chi connectivity index (χ3v) is 3.02. The summed E-state index contributed by atoms with van der Waals surface area (Å²) in [6, 6.07) is 0. The number of halogens is 2. The van der Waals surface area contributed by atoms with Gasteiger partial charge in [0.05, 0.1) is 11.1 Å². The van der Waals surface area contributed by atoms with Gasteiger partial charge in [-0.25, -0.2) is 9.97 Å². The molecule has 0 spiro atoms. The standard InChI is InChI=1S/C8H11BrClN3O/c1-2-13(3-4-14)8-6(9)7(10)11-5-12-8/h5,14H,2-4H2,1H3.